The summed E-state index contributed by atoms with van der Waals surface area (Å²) in [6, 6.07) is 2.93. The standard InChI is InChI=1S/C23H26F2N8O3S3/c1-13(2)38(26,34)33-9-5-14(6-10-33)16-11-15(39(35,36)31-23(27-3)7-8-23)12-17-18(30-32(4)19(16)17)21-28-29-22(37-21)20(24)25/h5,11-13,20,26,31H,6-10H2,1-2,4H3. The molecule has 3 heterocycles. The largest absolute Gasteiger partial charge is 0.299 e. The van der Waals surface area contributed by atoms with Crippen LogP contribution in [0, 0.1) is 11.4 Å². The Morgan fingerprint density at radius 3 is 2.49 bits per heavy atom. The Bertz CT molecular complexity index is 1750. The van der Waals surface area contributed by atoms with Gasteiger partial charge in [-0.1, -0.05) is 17.4 Å². The second-order valence-corrected chi connectivity index (χ2v) is 15.1. The van der Waals surface area contributed by atoms with Crippen molar-refractivity contribution < 1.29 is 21.4 Å². The molecule has 11 nitrogen and oxygen atoms in total. The maximum Gasteiger partial charge on any atom is 0.299 e. The predicted octanol–water partition coefficient (Wildman–Crippen LogP) is 4.18. The first-order valence-electron chi connectivity index (χ1n) is 12.1. The average Bonchev–Trinajstić information content (AvgIpc) is 3.31. The van der Waals surface area contributed by atoms with Gasteiger partial charge in [0.25, 0.3) is 12.1 Å². The van der Waals surface area contributed by atoms with E-state index in [0.29, 0.717) is 53.6 Å². The molecular weight excluding hydrogens is 571 g/mol. The van der Waals surface area contributed by atoms with Crippen LogP contribution in [0.25, 0.3) is 32.0 Å². The zero-order valence-electron chi connectivity index (χ0n) is 21.3. The molecule has 1 aliphatic heterocycles. The second kappa shape index (κ2) is 9.66. The highest BCUT2D eigenvalue weighted by molar-refractivity contribution is 7.90. The van der Waals surface area contributed by atoms with E-state index in [1.807, 2.05) is 6.08 Å². The van der Waals surface area contributed by atoms with Gasteiger partial charge in [0.1, 0.15) is 15.6 Å². The van der Waals surface area contributed by atoms with Crippen LogP contribution in [0.15, 0.2) is 23.1 Å². The Morgan fingerprint density at radius 1 is 1.23 bits per heavy atom. The lowest BCUT2D eigenvalue weighted by Gasteiger charge is -2.30. The molecule has 0 bridgehead atoms. The van der Waals surface area contributed by atoms with Crippen molar-refractivity contribution in [2.24, 2.45) is 7.05 Å². The van der Waals surface area contributed by atoms with Crippen LogP contribution in [-0.4, -0.2) is 60.9 Å². The second-order valence-electron chi connectivity index (χ2n) is 9.82. The van der Waals surface area contributed by atoms with E-state index in [1.165, 1.54) is 12.1 Å². The summed E-state index contributed by atoms with van der Waals surface area (Å²) < 4.78 is 80.2. The fraction of sp³-hybridized carbons (Fsp3) is 0.478. The number of alkyl halides is 2. The van der Waals surface area contributed by atoms with E-state index in [9.17, 15) is 21.4 Å². The number of fused-ring (bicyclic) bond motifs is 1. The van der Waals surface area contributed by atoms with Crippen LogP contribution in [-0.2, 0) is 27.0 Å². The highest BCUT2D eigenvalue weighted by atomic mass is 32.2. The summed E-state index contributed by atoms with van der Waals surface area (Å²) in [4.78, 5) is 3.35. The number of hydrogen-bond donors (Lipinski definition) is 2. The fourth-order valence-electron chi connectivity index (χ4n) is 4.47. The lowest BCUT2D eigenvalue weighted by molar-refractivity contribution is 0.150. The number of hydrogen-bond acceptors (Lipinski definition) is 8. The highest BCUT2D eigenvalue weighted by Crippen LogP contribution is 2.41. The topological polar surface area (TPSA) is 138 Å². The average molecular weight is 597 g/mol. The van der Waals surface area contributed by atoms with Gasteiger partial charge in [0.05, 0.1) is 28.5 Å². The third-order valence-electron chi connectivity index (χ3n) is 6.85. The summed E-state index contributed by atoms with van der Waals surface area (Å²) in [5.41, 5.74) is 0.958. The summed E-state index contributed by atoms with van der Waals surface area (Å²) in [5, 5.41) is 11.6. The maximum absolute atomic E-state index is 13.4. The van der Waals surface area contributed by atoms with Crippen LogP contribution in [0.1, 0.15) is 50.1 Å². The molecule has 0 saturated heterocycles. The molecule has 2 aliphatic rings. The van der Waals surface area contributed by atoms with E-state index in [1.54, 1.807) is 29.9 Å². The van der Waals surface area contributed by atoms with Crippen LogP contribution < -0.4 is 4.72 Å². The van der Waals surface area contributed by atoms with Gasteiger partial charge in [0.15, 0.2) is 10.0 Å². The molecule has 39 heavy (non-hydrogen) atoms. The Kier molecular flexibility index (Phi) is 6.87. The first kappa shape index (κ1) is 27.7. The molecule has 16 heteroatoms. The number of halogens is 2. The van der Waals surface area contributed by atoms with Crippen molar-refractivity contribution in [2.75, 3.05) is 13.1 Å². The van der Waals surface area contributed by atoms with Gasteiger partial charge >= 0.3 is 0 Å². The van der Waals surface area contributed by atoms with E-state index >= 15 is 0 Å². The van der Waals surface area contributed by atoms with E-state index in [-0.39, 0.29) is 27.4 Å². The van der Waals surface area contributed by atoms with Gasteiger partial charge in [-0.3, -0.25) is 9.53 Å². The van der Waals surface area contributed by atoms with Gasteiger partial charge in [-0.15, -0.1) is 14.9 Å². The number of nitrogens with zero attached hydrogens (tertiary/aromatic N) is 6. The van der Waals surface area contributed by atoms with Gasteiger partial charge in [-0.25, -0.2) is 37.1 Å². The zero-order chi connectivity index (χ0) is 28.3. The molecule has 1 aliphatic carbocycles. The molecule has 3 aromatic rings. The number of rotatable bonds is 8. The monoisotopic (exact) mass is 596 g/mol. The van der Waals surface area contributed by atoms with Gasteiger partial charge in [-0.2, -0.15) is 5.10 Å². The quantitative estimate of drug-likeness (QED) is 0.374. The molecule has 1 atom stereocenters. The molecule has 0 radical (unpaired) electrons. The van der Waals surface area contributed by atoms with E-state index in [4.69, 9.17) is 11.4 Å². The Morgan fingerprint density at radius 2 is 1.95 bits per heavy atom. The highest BCUT2D eigenvalue weighted by Gasteiger charge is 2.54. The van der Waals surface area contributed by atoms with Crippen LogP contribution >= 0.6 is 11.3 Å². The molecule has 1 fully saturated rings. The Balaban J connectivity index is 1.67. The van der Waals surface area contributed by atoms with Crippen molar-refractivity contribution >= 4 is 47.8 Å². The minimum absolute atomic E-state index is 0.0948. The van der Waals surface area contributed by atoms with Crippen molar-refractivity contribution in [1.82, 2.24) is 29.0 Å². The van der Waals surface area contributed by atoms with Crippen molar-refractivity contribution in [1.29, 1.82) is 4.78 Å². The normalized spacial score (nSPS) is 19.3. The number of aryl methyl sites for hydroxylation is 1. The first-order valence-corrected chi connectivity index (χ1v) is 15.9. The minimum Gasteiger partial charge on any atom is -0.292 e. The molecule has 2 aromatic heterocycles. The third kappa shape index (κ3) is 4.97. The van der Waals surface area contributed by atoms with Crippen LogP contribution in [0.3, 0.4) is 0 Å². The van der Waals surface area contributed by atoms with Crippen LogP contribution in [0.4, 0.5) is 8.78 Å². The third-order valence-corrected chi connectivity index (χ3v) is 11.7. The molecule has 0 amide bonds. The van der Waals surface area contributed by atoms with Crippen LogP contribution in [0.5, 0.6) is 0 Å². The molecule has 1 saturated carbocycles. The molecule has 2 N–H and O–H groups in total. The van der Waals surface area contributed by atoms with Crippen molar-refractivity contribution in [3.8, 4) is 10.7 Å². The van der Waals surface area contributed by atoms with E-state index < -0.39 is 37.0 Å². The van der Waals surface area contributed by atoms with Gasteiger partial charge < -0.3 is 0 Å². The predicted molar refractivity (Wildman–Crippen MR) is 144 cm³/mol. The molecule has 5 rings (SSSR count). The molecule has 208 valence electrons. The van der Waals surface area contributed by atoms with Gasteiger partial charge in [0.2, 0.25) is 10.0 Å². The molecular formula is C23H26F2N8O3S3. The summed E-state index contributed by atoms with van der Waals surface area (Å²) in [6.45, 7) is 11.4. The fourth-order valence-corrected chi connectivity index (χ4v) is 7.84. The van der Waals surface area contributed by atoms with Crippen LogP contribution in [0.2, 0.25) is 0 Å². The summed E-state index contributed by atoms with van der Waals surface area (Å²) in [5.74, 6) is 0. The van der Waals surface area contributed by atoms with Crippen molar-refractivity contribution in [2.45, 2.75) is 55.3 Å². The van der Waals surface area contributed by atoms with Gasteiger partial charge in [-0.05, 0) is 38.0 Å². The number of sulfonamides is 1. The van der Waals surface area contributed by atoms with E-state index in [0.717, 1.165) is 5.57 Å². The molecule has 0 spiro atoms. The smallest absolute Gasteiger partial charge is 0.292 e. The maximum atomic E-state index is 13.4. The first-order chi connectivity index (χ1) is 18.3. The van der Waals surface area contributed by atoms with Crippen molar-refractivity contribution in [3.05, 3.63) is 40.2 Å². The number of benzene rings is 1. The summed E-state index contributed by atoms with van der Waals surface area (Å²) in [6.07, 6.45) is 0.238. The number of nitrogens with one attached hydrogen (secondary N) is 2. The van der Waals surface area contributed by atoms with E-state index in [2.05, 4.69) is 24.9 Å². The minimum atomic E-state index is -4.13. The lowest BCUT2D eigenvalue weighted by Crippen LogP contribution is -2.38. The van der Waals surface area contributed by atoms with Gasteiger partial charge in [0, 0.05) is 31.1 Å². The number of aromatic nitrogens is 4. The molecule has 1 unspecified atom stereocenters. The Labute approximate surface area is 228 Å². The summed E-state index contributed by atoms with van der Waals surface area (Å²) >= 11 is 0.679. The SMILES string of the molecule is [C-]#[N+]C1(NS(=O)(=O)c2cc(C3=CCN(S(=N)(=O)C(C)C)CC3)c3c(c2)c(-c2nnc(C(F)F)s2)nn3C)CC1. The lowest BCUT2D eigenvalue weighted by atomic mass is 9.97. The van der Waals surface area contributed by atoms with Crippen molar-refractivity contribution in [3.63, 3.8) is 0 Å². The molecule has 1 aromatic carbocycles. The zero-order valence-corrected chi connectivity index (χ0v) is 23.8. The summed E-state index contributed by atoms with van der Waals surface area (Å²) in [7, 11) is -5.44. The Hall–Kier alpha value is -2.84.